The zero-order valence-electron chi connectivity index (χ0n) is 81.1. The van der Waals surface area contributed by atoms with Gasteiger partial charge in [0.2, 0.25) is 0 Å². The van der Waals surface area contributed by atoms with E-state index in [1.54, 1.807) is 36.4 Å². The second kappa shape index (κ2) is 52.4. The number of carboxylic acid groups (broad SMARTS) is 2. The zero-order valence-corrected chi connectivity index (χ0v) is 81.1. The van der Waals surface area contributed by atoms with Gasteiger partial charge in [-0.25, -0.2) is 37.5 Å². The van der Waals surface area contributed by atoms with Crippen molar-refractivity contribution < 1.29 is 66.5 Å². The molecule has 4 aromatic heterocycles. The third kappa shape index (κ3) is 30.6. The van der Waals surface area contributed by atoms with Crippen molar-refractivity contribution in [3.63, 3.8) is 0 Å². The molecule has 0 spiro atoms. The van der Waals surface area contributed by atoms with Gasteiger partial charge in [0.15, 0.2) is 0 Å². The molecular formula is C111H152F4N12O10. The van der Waals surface area contributed by atoms with Gasteiger partial charge in [0, 0.05) is 153 Å². The van der Waals surface area contributed by atoms with Crippen LogP contribution in [0.15, 0.2) is 170 Å². The Morgan fingerprint density at radius 1 is 0.365 bits per heavy atom. The van der Waals surface area contributed by atoms with Gasteiger partial charge in [-0.15, -0.1) is 0 Å². The van der Waals surface area contributed by atoms with Crippen LogP contribution < -0.4 is 21.3 Å². The molecule has 4 aromatic carbocycles. The number of alkyl halides is 4. The van der Waals surface area contributed by atoms with Crippen LogP contribution in [0.2, 0.25) is 0 Å². The fourth-order valence-corrected chi connectivity index (χ4v) is 20.5. The number of pyridine rings is 4. The number of aryl methyl sites for hydroxylation is 8. The second-order valence-corrected chi connectivity index (χ2v) is 38.8. The molecule has 26 heteroatoms. The smallest absolute Gasteiger partial charge is 0.325 e. The van der Waals surface area contributed by atoms with E-state index in [4.69, 9.17) is 38.9 Å². The van der Waals surface area contributed by atoms with Crippen LogP contribution in [0.4, 0.5) is 40.8 Å². The minimum absolute atomic E-state index is 0. The van der Waals surface area contributed by atoms with Crippen LogP contribution in [0.1, 0.15) is 290 Å². The minimum atomic E-state index is -2.99. The first-order valence-corrected chi connectivity index (χ1v) is 50.4. The second-order valence-electron chi connectivity index (χ2n) is 38.8. The third-order valence-electron chi connectivity index (χ3n) is 27.6. The largest absolute Gasteiger partial charge is 0.511 e. The Labute approximate surface area is 811 Å². The summed E-state index contributed by atoms with van der Waals surface area (Å²) in [7, 11) is 0. The molecule has 137 heavy (non-hydrogen) atoms. The summed E-state index contributed by atoms with van der Waals surface area (Å²) in [5.41, 5.74) is 14.5. The predicted molar refractivity (Wildman–Crippen MR) is 538 cm³/mol. The zero-order chi connectivity index (χ0) is 96.1. The number of ether oxygens (including phenoxy) is 4. The van der Waals surface area contributed by atoms with E-state index in [-0.39, 0.29) is 66.3 Å². The number of likely N-dealkylation sites (tertiary alicyclic amines) is 4. The number of unbranched alkanes of at least 4 members (excludes halogenated alkanes) is 6. The topological polar surface area (TPSA) is 265 Å². The van der Waals surface area contributed by atoms with Crippen LogP contribution in [-0.4, -0.2) is 201 Å². The van der Waals surface area contributed by atoms with E-state index in [0.717, 1.165) is 263 Å². The number of rotatable bonds is 42. The Morgan fingerprint density at radius 3 is 0.876 bits per heavy atom. The van der Waals surface area contributed by atoms with Crippen LogP contribution in [0, 0.1) is 0 Å². The first-order valence-electron chi connectivity index (χ1n) is 50.4. The maximum atomic E-state index is 14.2. The molecule has 8 N–H and O–H groups in total. The van der Waals surface area contributed by atoms with Crippen molar-refractivity contribution in [2.75, 3.05) is 126 Å². The van der Waals surface area contributed by atoms with E-state index in [1.807, 2.05) is 58.3 Å². The van der Waals surface area contributed by atoms with E-state index in [2.05, 4.69) is 120 Å². The van der Waals surface area contributed by atoms with Crippen molar-refractivity contribution in [3.05, 3.63) is 260 Å². The number of halogens is 4. The fraction of sp³-hybridized carbons (Fsp3) is 0.550. The Bertz CT molecular complexity index is 4850. The third-order valence-corrected chi connectivity index (χ3v) is 27.6. The Morgan fingerprint density at radius 2 is 0.613 bits per heavy atom. The molecule has 4 saturated heterocycles. The van der Waals surface area contributed by atoms with E-state index in [0.29, 0.717) is 76.8 Å². The van der Waals surface area contributed by atoms with Crippen molar-refractivity contribution in [3.8, 4) is 0 Å². The number of aromatic nitrogens is 4. The number of fused-ring (bicyclic) bond motifs is 4. The first kappa shape index (κ1) is 106. The molecule has 8 aromatic rings. The number of nitrogens with zero attached hydrogens (tertiary/aromatic N) is 8. The summed E-state index contributed by atoms with van der Waals surface area (Å²) in [6.45, 7) is 29.7. The van der Waals surface area contributed by atoms with Crippen molar-refractivity contribution >= 4 is 35.2 Å². The lowest BCUT2D eigenvalue weighted by Gasteiger charge is -2.30. The molecule has 744 valence electrons. The lowest BCUT2D eigenvalue weighted by atomic mass is 9.92. The van der Waals surface area contributed by atoms with Crippen LogP contribution in [0.3, 0.4) is 0 Å². The van der Waals surface area contributed by atoms with Crippen molar-refractivity contribution in [2.45, 2.75) is 288 Å². The lowest BCUT2D eigenvalue weighted by molar-refractivity contribution is -0.144. The number of hydrogen-bond donors (Lipinski definition) is 8. The van der Waals surface area contributed by atoms with Gasteiger partial charge >= 0.3 is 11.9 Å². The molecular weight excluding hydrogens is 1740 g/mol. The number of aliphatic hydroxyl groups excluding tert-OH is 2. The van der Waals surface area contributed by atoms with Gasteiger partial charge in [-0.2, -0.15) is 0 Å². The molecule has 12 heterocycles. The summed E-state index contributed by atoms with van der Waals surface area (Å²) in [4.78, 5) is 51.6. The molecule has 0 amide bonds. The van der Waals surface area contributed by atoms with Gasteiger partial charge in [0.25, 0.3) is 11.8 Å². The summed E-state index contributed by atoms with van der Waals surface area (Å²) >= 11 is 0. The minimum Gasteiger partial charge on any atom is -0.511 e. The van der Waals surface area contributed by atoms with Crippen molar-refractivity contribution in [1.29, 1.82) is 0 Å². The van der Waals surface area contributed by atoms with Crippen molar-refractivity contribution in [2.24, 2.45) is 0 Å². The quantitative estimate of drug-likeness (QED) is 0.0100. The summed E-state index contributed by atoms with van der Waals surface area (Å²) in [5.74, 6) is -2.98. The highest BCUT2D eigenvalue weighted by molar-refractivity contribution is 5.77. The predicted octanol–water partition coefficient (Wildman–Crippen LogP) is 22.6. The van der Waals surface area contributed by atoms with E-state index in [9.17, 15) is 47.6 Å². The van der Waals surface area contributed by atoms with Gasteiger partial charge < -0.3 is 60.6 Å². The van der Waals surface area contributed by atoms with Gasteiger partial charge in [-0.05, 0) is 246 Å². The number of carboxylic acids is 2. The van der Waals surface area contributed by atoms with Crippen LogP contribution in [-0.2, 0) is 91.7 Å². The number of carbonyl (C=O) groups is 2. The number of aliphatic hydroxyl groups is 2. The molecule has 0 saturated carbocycles. The van der Waals surface area contributed by atoms with Gasteiger partial charge in [-0.3, -0.25) is 29.2 Å². The molecule has 22 nitrogen and oxygen atoms in total. The summed E-state index contributed by atoms with van der Waals surface area (Å²) in [6, 6.07) is 43.6. The van der Waals surface area contributed by atoms with E-state index < -0.39 is 48.0 Å². The fourth-order valence-electron chi connectivity index (χ4n) is 20.5. The summed E-state index contributed by atoms with van der Waals surface area (Å²) in [5, 5.41) is 54.2. The standard InChI is InChI=1S/2C28H37F2N3O2.2C27H37N3O3.CH4/c2*1-20(34)26(24-11-5-6-12-25(24)28(2,29)30)33-17-15-23(19-33)35-18-7-3-4-10-22-14-13-21-9-8-16-31-27(21)32-22;2*1-19(2)23-10-3-4-11-24(23)25(27(31)32)30-16-14-22(18-30)33-17-6-5-9-21-13-12-20-8-7-15-28-26(20)29-21;/h2*5-6,11-14,23,26,34H,1,3-4,7-10,15-19H2,2H3,(H,31,32);2*3-4,10-13,19,22,25H,5-9,14-18H2,1-2H3,(H,28,29)(H,31,32);1H4/t23-,26+;23-,26-;22-,25+;22-,25-;/m1111./s1. The molecule has 8 aliphatic heterocycles. The van der Waals surface area contributed by atoms with E-state index in [1.165, 1.54) is 60.1 Å². The number of nitrogens with one attached hydrogen (secondary N) is 4. The Kier molecular flexibility index (Phi) is 40.5. The highest BCUT2D eigenvalue weighted by Gasteiger charge is 2.41. The molecule has 0 bridgehead atoms. The molecule has 8 aliphatic rings. The maximum Gasteiger partial charge on any atom is 0.325 e. The average Bonchev–Trinajstić information content (AvgIpc) is 1.76. The van der Waals surface area contributed by atoms with Crippen LogP contribution in [0.5, 0.6) is 0 Å². The van der Waals surface area contributed by atoms with Crippen LogP contribution in [0.25, 0.3) is 0 Å². The average molecular weight is 1890 g/mol. The molecule has 0 aliphatic carbocycles. The molecule has 8 atom stereocenters. The first-order chi connectivity index (χ1) is 65.7. The summed E-state index contributed by atoms with van der Waals surface area (Å²) in [6.07, 6.45) is 26.9. The number of anilines is 4. The molecule has 0 radical (unpaired) electrons. The number of benzene rings is 4. The lowest BCUT2D eigenvalue weighted by Crippen LogP contribution is -2.34. The normalized spacial score (nSPS) is 19.1. The van der Waals surface area contributed by atoms with Crippen LogP contribution >= 0.6 is 0 Å². The Hall–Kier alpha value is -9.90. The monoisotopic (exact) mass is 1890 g/mol. The van der Waals surface area contributed by atoms with Gasteiger partial charge in [0.05, 0.1) is 36.5 Å². The van der Waals surface area contributed by atoms with Gasteiger partial charge in [-0.1, -0.05) is 182 Å². The van der Waals surface area contributed by atoms with Crippen molar-refractivity contribution in [1.82, 2.24) is 39.5 Å². The summed E-state index contributed by atoms with van der Waals surface area (Å²) < 4.78 is 81.2. The molecule has 4 fully saturated rings. The highest BCUT2D eigenvalue weighted by atomic mass is 19.3. The Balaban J connectivity index is 0.000000164. The van der Waals surface area contributed by atoms with E-state index >= 15 is 0 Å². The SMILES string of the molecule is C.C=C(O)[C@@H](c1ccccc1C(C)(F)F)N1CC[C@@H](OCCCCCc2ccc3c(n2)NCCC3)C1.C=C(O)[C@H](c1ccccc1C(C)(F)F)N1CC[C@@H](OCCCCCc2ccc3c(n2)NCCC3)C1.CC(C)c1ccccc1[C@@H](C(=O)O)N1CC[C@@H](OCCCCc2ccc3c(n2)NCCC3)C1.CC(C)c1ccccc1[C@H](C(=O)O)N1CC[C@@H](OCCCCc2ccc3c(n2)NCCC3)C1. The molecule has 16 rings (SSSR count). The van der Waals surface area contributed by atoms with Gasteiger partial charge in [0.1, 0.15) is 46.9 Å². The highest BCUT2D eigenvalue weighted by Crippen LogP contribution is 2.43. The number of hydrogen-bond acceptors (Lipinski definition) is 20. The molecule has 0 unspecified atom stereocenters. The maximum absolute atomic E-state index is 14.2. The number of aliphatic carboxylic acids is 2.